The topological polar surface area (TPSA) is 102 Å². The summed E-state index contributed by atoms with van der Waals surface area (Å²) >= 11 is 0.892. The van der Waals surface area contributed by atoms with Gasteiger partial charge in [-0.25, -0.2) is 9.59 Å². The number of amides is 2. The van der Waals surface area contributed by atoms with Crippen LogP contribution in [0.4, 0.5) is 15.6 Å². The molecule has 8 nitrogen and oxygen atoms in total. The van der Waals surface area contributed by atoms with Crippen molar-refractivity contribution in [2.45, 2.75) is 19.8 Å². The second-order valence-electron chi connectivity index (χ2n) is 4.72. The number of nitrogens with one attached hydrogen (secondary N) is 2. The molecule has 9 heteroatoms. The molecule has 1 aromatic heterocycles. The molecule has 0 spiro atoms. The number of anilines is 2. The molecule has 24 heavy (non-hydrogen) atoms. The number of ether oxygens (including phenoxy) is 2. The Balaban J connectivity index is 1.85. The van der Waals surface area contributed by atoms with E-state index in [1.54, 1.807) is 24.3 Å². The van der Waals surface area contributed by atoms with Gasteiger partial charge in [-0.15, -0.1) is 0 Å². The van der Waals surface area contributed by atoms with Crippen molar-refractivity contribution in [1.82, 2.24) is 9.36 Å². The molecular weight excluding hydrogens is 332 g/mol. The number of rotatable bonds is 7. The summed E-state index contributed by atoms with van der Waals surface area (Å²) in [4.78, 5) is 27.0. The van der Waals surface area contributed by atoms with E-state index in [2.05, 4.69) is 31.7 Å². The van der Waals surface area contributed by atoms with Crippen LogP contribution in [0.2, 0.25) is 0 Å². The lowest BCUT2D eigenvalue weighted by Gasteiger charge is -2.08. The third kappa shape index (κ3) is 5.20. The molecular formula is C15H18N4O4S. The van der Waals surface area contributed by atoms with Crippen LogP contribution >= 0.6 is 11.5 Å². The van der Waals surface area contributed by atoms with Gasteiger partial charge in [0, 0.05) is 17.2 Å². The van der Waals surface area contributed by atoms with Crippen LogP contribution in [0.3, 0.4) is 0 Å². The first-order valence-corrected chi connectivity index (χ1v) is 8.12. The zero-order valence-corrected chi connectivity index (χ0v) is 14.2. The number of esters is 1. The smallest absolute Gasteiger partial charge is 0.377 e. The molecule has 2 amide bonds. The Hall–Kier alpha value is -2.68. The van der Waals surface area contributed by atoms with Crippen molar-refractivity contribution >= 4 is 34.4 Å². The molecule has 0 fully saturated rings. The molecule has 2 aromatic rings. The Morgan fingerprint density at radius 2 is 1.96 bits per heavy atom. The number of carbonyl (C=O) groups is 2. The third-order valence-electron chi connectivity index (χ3n) is 2.89. The Kier molecular flexibility index (Phi) is 6.50. The summed E-state index contributed by atoms with van der Waals surface area (Å²) in [5.41, 5.74) is 0.605. The van der Waals surface area contributed by atoms with Gasteiger partial charge in [-0.2, -0.15) is 9.36 Å². The first-order chi connectivity index (χ1) is 11.6. The molecule has 0 bridgehead atoms. The molecule has 0 saturated carbocycles. The van der Waals surface area contributed by atoms with Gasteiger partial charge in [-0.1, -0.05) is 13.3 Å². The summed E-state index contributed by atoms with van der Waals surface area (Å²) in [5, 5.41) is 5.36. The molecule has 2 rings (SSSR count). The fourth-order valence-corrected chi connectivity index (χ4v) is 2.23. The van der Waals surface area contributed by atoms with Crippen LogP contribution in [-0.2, 0) is 4.74 Å². The second-order valence-corrected chi connectivity index (χ2v) is 5.47. The van der Waals surface area contributed by atoms with Gasteiger partial charge in [-0.05, 0) is 30.7 Å². The minimum Gasteiger partial charge on any atom is -0.494 e. The summed E-state index contributed by atoms with van der Waals surface area (Å²) < 4.78 is 13.8. The predicted octanol–water partition coefficient (Wildman–Crippen LogP) is 3.15. The maximum Gasteiger partial charge on any atom is 0.377 e. The minimum atomic E-state index is -0.654. The quantitative estimate of drug-likeness (QED) is 0.587. The molecule has 0 aliphatic heterocycles. The number of hydrogen-bond acceptors (Lipinski definition) is 7. The third-order valence-corrected chi connectivity index (χ3v) is 3.52. The van der Waals surface area contributed by atoms with Gasteiger partial charge in [-0.3, -0.25) is 5.32 Å². The summed E-state index contributed by atoms with van der Waals surface area (Å²) in [5.74, 6) is 0.00556. The van der Waals surface area contributed by atoms with Gasteiger partial charge in [0.2, 0.25) is 5.13 Å². The van der Waals surface area contributed by atoms with E-state index in [1.165, 1.54) is 7.11 Å². The van der Waals surface area contributed by atoms with Gasteiger partial charge in [0.25, 0.3) is 5.82 Å². The SMILES string of the molecule is CCCCOc1ccc(NC(=O)Nc2nc(C(=O)OC)ns2)cc1. The lowest BCUT2D eigenvalue weighted by molar-refractivity contribution is 0.0588. The van der Waals surface area contributed by atoms with Crippen LogP contribution in [0.5, 0.6) is 5.75 Å². The van der Waals surface area contributed by atoms with E-state index in [-0.39, 0.29) is 11.0 Å². The molecule has 128 valence electrons. The van der Waals surface area contributed by atoms with Crippen molar-refractivity contribution in [3.63, 3.8) is 0 Å². The number of unbranched alkanes of at least 4 members (excludes halogenated alkanes) is 1. The highest BCUT2D eigenvalue weighted by atomic mass is 32.1. The molecule has 0 saturated heterocycles. The summed E-state index contributed by atoms with van der Waals surface area (Å²) in [6.07, 6.45) is 2.07. The number of nitrogens with zero attached hydrogens (tertiary/aromatic N) is 2. The zero-order chi connectivity index (χ0) is 17.4. The molecule has 0 unspecified atom stereocenters. The minimum absolute atomic E-state index is 0.0913. The van der Waals surface area contributed by atoms with Gasteiger partial charge < -0.3 is 14.8 Å². The average molecular weight is 350 g/mol. The average Bonchev–Trinajstić information content (AvgIpc) is 3.04. The van der Waals surface area contributed by atoms with E-state index in [1.807, 2.05) is 0 Å². The lowest BCUT2D eigenvalue weighted by atomic mass is 10.3. The molecule has 0 radical (unpaired) electrons. The van der Waals surface area contributed by atoms with Crippen molar-refractivity contribution in [3.05, 3.63) is 30.1 Å². The van der Waals surface area contributed by atoms with E-state index in [9.17, 15) is 9.59 Å². The van der Waals surface area contributed by atoms with Crippen molar-refractivity contribution in [1.29, 1.82) is 0 Å². The fourth-order valence-electron chi connectivity index (χ4n) is 1.68. The number of urea groups is 1. The molecule has 2 N–H and O–H groups in total. The molecule has 0 aliphatic rings. The van der Waals surface area contributed by atoms with Crippen molar-refractivity contribution < 1.29 is 19.1 Å². The number of methoxy groups -OCH3 is 1. The standard InChI is InChI=1S/C15H18N4O4S/c1-3-4-9-23-11-7-5-10(6-8-11)16-14(21)18-15-17-12(19-24-15)13(20)22-2/h5-8H,3-4,9H2,1-2H3,(H2,16,17,18,19,21). The largest absolute Gasteiger partial charge is 0.494 e. The summed E-state index contributed by atoms with van der Waals surface area (Å²) in [6, 6.07) is 6.56. The van der Waals surface area contributed by atoms with E-state index in [4.69, 9.17) is 4.74 Å². The fraction of sp³-hybridized carbons (Fsp3) is 0.333. The summed E-state index contributed by atoms with van der Waals surface area (Å²) in [6.45, 7) is 2.77. The Bertz CT molecular complexity index is 687. The number of carbonyl (C=O) groups excluding carboxylic acids is 2. The number of benzene rings is 1. The van der Waals surface area contributed by atoms with E-state index < -0.39 is 12.0 Å². The van der Waals surface area contributed by atoms with Crippen LogP contribution < -0.4 is 15.4 Å². The molecule has 1 heterocycles. The number of hydrogen-bond donors (Lipinski definition) is 2. The van der Waals surface area contributed by atoms with Crippen molar-refractivity contribution in [2.75, 3.05) is 24.4 Å². The first-order valence-electron chi connectivity index (χ1n) is 7.35. The van der Waals surface area contributed by atoms with Crippen LogP contribution in [-0.4, -0.2) is 35.1 Å². The molecule has 0 atom stereocenters. The van der Waals surface area contributed by atoms with Crippen molar-refractivity contribution in [2.24, 2.45) is 0 Å². The highest BCUT2D eigenvalue weighted by Gasteiger charge is 2.14. The van der Waals surface area contributed by atoms with Gasteiger partial charge in [0.1, 0.15) is 5.75 Å². The highest BCUT2D eigenvalue weighted by Crippen LogP contribution is 2.17. The number of aromatic nitrogens is 2. The van der Waals surface area contributed by atoms with Crippen LogP contribution in [0.15, 0.2) is 24.3 Å². The summed E-state index contributed by atoms with van der Waals surface area (Å²) in [7, 11) is 1.23. The zero-order valence-electron chi connectivity index (χ0n) is 13.4. The van der Waals surface area contributed by atoms with Crippen LogP contribution in [0, 0.1) is 0 Å². The highest BCUT2D eigenvalue weighted by molar-refractivity contribution is 7.10. The maximum absolute atomic E-state index is 11.9. The Labute approximate surface area is 143 Å². The lowest BCUT2D eigenvalue weighted by Crippen LogP contribution is -2.19. The van der Waals surface area contributed by atoms with E-state index in [0.717, 1.165) is 30.1 Å². The first kappa shape index (κ1) is 17.7. The molecule has 0 aliphatic carbocycles. The Morgan fingerprint density at radius 1 is 1.21 bits per heavy atom. The van der Waals surface area contributed by atoms with Crippen molar-refractivity contribution in [3.8, 4) is 5.75 Å². The van der Waals surface area contributed by atoms with Gasteiger partial charge in [0.15, 0.2) is 0 Å². The van der Waals surface area contributed by atoms with E-state index in [0.29, 0.717) is 12.3 Å². The van der Waals surface area contributed by atoms with Crippen LogP contribution in [0.1, 0.15) is 30.4 Å². The van der Waals surface area contributed by atoms with Gasteiger partial charge in [0.05, 0.1) is 13.7 Å². The predicted molar refractivity (Wildman–Crippen MR) is 90.7 cm³/mol. The molecule has 1 aromatic carbocycles. The monoisotopic (exact) mass is 350 g/mol. The van der Waals surface area contributed by atoms with Gasteiger partial charge >= 0.3 is 12.0 Å². The second kappa shape index (κ2) is 8.82. The maximum atomic E-state index is 11.9. The van der Waals surface area contributed by atoms with Crippen LogP contribution in [0.25, 0.3) is 0 Å². The van der Waals surface area contributed by atoms with E-state index >= 15 is 0 Å². The Morgan fingerprint density at radius 3 is 2.62 bits per heavy atom. The normalized spacial score (nSPS) is 10.1.